The number of nitrogens with zero attached hydrogens (tertiary/aromatic N) is 1. The van der Waals surface area contributed by atoms with Crippen LogP contribution in [0.4, 0.5) is 5.69 Å². The average Bonchev–Trinajstić information content (AvgIpc) is 2.34. The highest BCUT2D eigenvalue weighted by molar-refractivity contribution is 6.17. The van der Waals surface area contributed by atoms with Crippen LogP contribution in [0.3, 0.4) is 0 Å². The molecule has 18 heavy (non-hydrogen) atoms. The molecular weight excluding hydrogens is 258 g/mol. The first-order valence-electron chi connectivity index (χ1n) is 5.62. The Balaban J connectivity index is 2.67. The standard InChI is InChI=1S/C12H16ClNO4/c1-9(2)17-5-6-18-12-4-3-10(8-13)7-11(12)14(15)16/h3-4,7,9H,5-6,8H2,1-2H3. The lowest BCUT2D eigenvalue weighted by Gasteiger charge is -2.09. The number of rotatable bonds is 7. The van der Waals surface area contributed by atoms with Crippen molar-refractivity contribution in [3.8, 4) is 5.75 Å². The summed E-state index contributed by atoms with van der Waals surface area (Å²) in [5.74, 6) is 0.471. The number of nitro groups is 1. The van der Waals surface area contributed by atoms with Gasteiger partial charge in [-0.15, -0.1) is 11.6 Å². The Labute approximate surface area is 111 Å². The highest BCUT2D eigenvalue weighted by Crippen LogP contribution is 2.28. The number of hydrogen-bond donors (Lipinski definition) is 0. The Bertz CT molecular complexity index is 409. The van der Waals surface area contributed by atoms with E-state index >= 15 is 0 Å². The van der Waals surface area contributed by atoms with E-state index in [0.29, 0.717) is 12.2 Å². The van der Waals surface area contributed by atoms with Gasteiger partial charge in [0.1, 0.15) is 6.61 Å². The minimum Gasteiger partial charge on any atom is -0.484 e. The number of halogens is 1. The molecule has 100 valence electrons. The number of ether oxygens (including phenoxy) is 2. The van der Waals surface area contributed by atoms with Gasteiger partial charge in [-0.1, -0.05) is 6.07 Å². The molecule has 5 nitrogen and oxygen atoms in total. The SMILES string of the molecule is CC(C)OCCOc1ccc(CCl)cc1[N+](=O)[O-]. The zero-order valence-corrected chi connectivity index (χ0v) is 11.1. The first-order valence-corrected chi connectivity index (χ1v) is 6.15. The maximum Gasteiger partial charge on any atom is 0.311 e. The van der Waals surface area contributed by atoms with Gasteiger partial charge in [0.15, 0.2) is 5.75 Å². The third-order valence-electron chi connectivity index (χ3n) is 2.17. The minimum absolute atomic E-state index is 0.0716. The molecule has 6 heteroatoms. The maximum atomic E-state index is 10.9. The van der Waals surface area contributed by atoms with Gasteiger partial charge < -0.3 is 9.47 Å². The van der Waals surface area contributed by atoms with Crippen LogP contribution in [0.15, 0.2) is 18.2 Å². The van der Waals surface area contributed by atoms with E-state index in [2.05, 4.69) is 0 Å². The van der Waals surface area contributed by atoms with E-state index < -0.39 is 4.92 Å². The molecule has 0 saturated heterocycles. The lowest BCUT2D eigenvalue weighted by molar-refractivity contribution is -0.385. The molecule has 0 spiro atoms. The molecule has 1 aromatic rings. The van der Waals surface area contributed by atoms with Gasteiger partial charge in [0.25, 0.3) is 0 Å². The number of benzene rings is 1. The van der Waals surface area contributed by atoms with Gasteiger partial charge in [-0.2, -0.15) is 0 Å². The van der Waals surface area contributed by atoms with Gasteiger partial charge in [-0.05, 0) is 25.5 Å². The predicted molar refractivity (Wildman–Crippen MR) is 69.2 cm³/mol. The Hall–Kier alpha value is -1.33. The Kier molecular flexibility index (Phi) is 5.88. The normalized spacial score (nSPS) is 10.7. The summed E-state index contributed by atoms with van der Waals surface area (Å²) >= 11 is 5.63. The molecule has 0 aliphatic carbocycles. The highest BCUT2D eigenvalue weighted by Gasteiger charge is 2.15. The van der Waals surface area contributed by atoms with Crippen LogP contribution in [-0.2, 0) is 10.6 Å². The maximum absolute atomic E-state index is 10.9. The van der Waals surface area contributed by atoms with Crippen LogP contribution in [0.5, 0.6) is 5.75 Å². The third kappa shape index (κ3) is 4.50. The smallest absolute Gasteiger partial charge is 0.311 e. The second kappa shape index (κ2) is 7.18. The van der Waals surface area contributed by atoms with E-state index in [9.17, 15) is 10.1 Å². The first-order chi connectivity index (χ1) is 8.54. The summed E-state index contributed by atoms with van der Waals surface area (Å²) in [7, 11) is 0. The van der Waals surface area contributed by atoms with Crippen molar-refractivity contribution >= 4 is 17.3 Å². The summed E-state index contributed by atoms with van der Waals surface area (Å²) in [6.45, 7) is 4.50. The summed E-state index contributed by atoms with van der Waals surface area (Å²) in [6.07, 6.45) is 0.113. The summed E-state index contributed by atoms with van der Waals surface area (Å²) in [5.41, 5.74) is 0.617. The van der Waals surface area contributed by atoms with Crippen molar-refractivity contribution in [1.82, 2.24) is 0 Å². The van der Waals surface area contributed by atoms with Crippen LogP contribution in [0.2, 0.25) is 0 Å². The monoisotopic (exact) mass is 273 g/mol. The second-order valence-corrected chi connectivity index (χ2v) is 4.23. The largest absolute Gasteiger partial charge is 0.484 e. The van der Waals surface area contributed by atoms with Crippen LogP contribution in [0.1, 0.15) is 19.4 Å². The highest BCUT2D eigenvalue weighted by atomic mass is 35.5. The molecule has 0 aromatic heterocycles. The second-order valence-electron chi connectivity index (χ2n) is 3.96. The van der Waals surface area contributed by atoms with Crippen LogP contribution in [-0.4, -0.2) is 24.2 Å². The third-order valence-corrected chi connectivity index (χ3v) is 2.48. The first kappa shape index (κ1) is 14.7. The van der Waals surface area contributed by atoms with Gasteiger partial charge in [0.05, 0.1) is 17.6 Å². The quantitative estimate of drug-likeness (QED) is 0.331. The van der Waals surface area contributed by atoms with Crippen molar-refractivity contribution in [2.75, 3.05) is 13.2 Å². The van der Waals surface area contributed by atoms with Crippen molar-refractivity contribution in [3.63, 3.8) is 0 Å². The van der Waals surface area contributed by atoms with Crippen LogP contribution in [0.25, 0.3) is 0 Å². The average molecular weight is 274 g/mol. The van der Waals surface area contributed by atoms with Crippen LogP contribution in [0, 0.1) is 10.1 Å². The molecule has 0 fully saturated rings. The van der Waals surface area contributed by atoms with Gasteiger partial charge in [0, 0.05) is 11.9 Å². The molecular formula is C12H16ClNO4. The van der Waals surface area contributed by atoms with Crippen molar-refractivity contribution in [1.29, 1.82) is 0 Å². The summed E-state index contributed by atoms with van der Waals surface area (Å²) in [6, 6.07) is 4.69. The molecule has 0 aliphatic heterocycles. The predicted octanol–water partition coefficient (Wildman–Crippen LogP) is 3.14. The molecule has 0 aliphatic rings. The van der Waals surface area contributed by atoms with E-state index in [1.807, 2.05) is 13.8 Å². The molecule has 0 heterocycles. The summed E-state index contributed by atoms with van der Waals surface area (Å²) in [5, 5.41) is 10.9. The van der Waals surface area contributed by atoms with Gasteiger partial charge in [-0.25, -0.2) is 0 Å². The molecule has 0 saturated carbocycles. The molecule has 1 rings (SSSR count). The van der Waals surface area contributed by atoms with Crippen molar-refractivity contribution in [2.45, 2.75) is 25.8 Å². The summed E-state index contributed by atoms with van der Waals surface area (Å²) in [4.78, 5) is 10.4. The Morgan fingerprint density at radius 3 is 2.67 bits per heavy atom. The number of nitro benzene ring substituents is 1. The molecule has 0 amide bonds. The van der Waals surface area contributed by atoms with E-state index in [4.69, 9.17) is 21.1 Å². The fourth-order valence-corrected chi connectivity index (χ4v) is 1.51. The molecule has 0 atom stereocenters. The molecule has 0 bridgehead atoms. The molecule has 0 radical (unpaired) electrons. The van der Waals surface area contributed by atoms with Gasteiger partial charge >= 0.3 is 5.69 Å². The zero-order chi connectivity index (χ0) is 13.5. The van der Waals surface area contributed by atoms with E-state index in [1.165, 1.54) is 6.07 Å². The zero-order valence-electron chi connectivity index (χ0n) is 10.4. The number of hydrogen-bond acceptors (Lipinski definition) is 4. The van der Waals surface area contributed by atoms with Gasteiger partial charge in [-0.3, -0.25) is 10.1 Å². The molecule has 1 aromatic carbocycles. The topological polar surface area (TPSA) is 61.6 Å². The fraction of sp³-hybridized carbons (Fsp3) is 0.500. The van der Waals surface area contributed by atoms with Crippen molar-refractivity contribution in [3.05, 3.63) is 33.9 Å². The fourth-order valence-electron chi connectivity index (χ4n) is 1.35. The minimum atomic E-state index is -0.477. The van der Waals surface area contributed by atoms with Crippen LogP contribution >= 0.6 is 11.6 Å². The Morgan fingerprint density at radius 2 is 2.11 bits per heavy atom. The van der Waals surface area contributed by atoms with Crippen molar-refractivity contribution < 1.29 is 14.4 Å². The lowest BCUT2D eigenvalue weighted by Crippen LogP contribution is -2.11. The van der Waals surface area contributed by atoms with E-state index in [0.717, 1.165) is 0 Å². The van der Waals surface area contributed by atoms with E-state index in [-0.39, 0.29) is 30.0 Å². The Morgan fingerprint density at radius 1 is 1.39 bits per heavy atom. The van der Waals surface area contributed by atoms with Crippen LogP contribution < -0.4 is 4.74 Å². The molecule has 0 N–H and O–H groups in total. The summed E-state index contributed by atoms with van der Waals surface area (Å²) < 4.78 is 10.6. The van der Waals surface area contributed by atoms with Crippen molar-refractivity contribution in [2.24, 2.45) is 0 Å². The lowest BCUT2D eigenvalue weighted by atomic mass is 10.2. The molecule has 0 unspecified atom stereocenters. The van der Waals surface area contributed by atoms with Gasteiger partial charge in [0.2, 0.25) is 0 Å². The van der Waals surface area contributed by atoms with E-state index in [1.54, 1.807) is 12.1 Å². The number of alkyl halides is 1.